The first-order chi connectivity index (χ1) is 13.8. The minimum Gasteiger partial charge on any atom is -0.490 e. The van der Waals surface area contributed by atoms with Crippen LogP contribution in [-0.4, -0.2) is 34.3 Å². The summed E-state index contributed by atoms with van der Waals surface area (Å²) in [5.41, 5.74) is 3.02. The normalized spacial score (nSPS) is 19.0. The van der Waals surface area contributed by atoms with Gasteiger partial charge < -0.3 is 14.7 Å². The average molecular weight is 375 g/mol. The molecule has 5 rings (SSSR count). The zero-order valence-corrected chi connectivity index (χ0v) is 15.9. The number of pyridine rings is 2. The van der Waals surface area contributed by atoms with Crippen molar-refractivity contribution in [3.8, 4) is 5.75 Å². The second-order valence-electron chi connectivity index (χ2n) is 7.89. The summed E-state index contributed by atoms with van der Waals surface area (Å²) in [4.78, 5) is 11.2. The predicted molar refractivity (Wildman–Crippen MR) is 110 cm³/mol. The lowest BCUT2D eigenvalue weighted by atomic mass is 9.87. The third kappa shape index (κ3) is 3.54. The Kier molecular flexibility index (Phi) is 4.61. The van der Waals surface area contributed by atoms with E-state index in [1.165, 1.54) is 5.39 Å². The van der Waals surface area contributed by atoms with Crippen molar-refractivity contribution in [2.24, 2.45) is 5.92 Å². The van der Waals surface area contributed by atoms with Gasteiger partial charge in [0.05, 0.1) is 29.6 Å². The van der Waals surface area contributed by atoms with Gasteiger partial charge in [-0.1, -0.05) is 18.2 Å². The van der Waals surface area contributed by atoms with Gasteiger partial charge in [0, 0.05) is 36.4 Å². The van der Waals surface area contributed by atoms with Crippen LogP contribution in [0.2, 0.25) is 0 Å². The highest BCUT2D eigenvalue weighted by atomic mass is 16.5. The first kappa shape index (κ1) is 17.4. The molecule has 0 radical (unpaired) electrons. The van der Waals surface area contributed by atoms with Crippen LogP contribution in [0.5, 0.6) is 5.75 Å². The second-order valence-corrected chi connectivity index (χ2v) is 7.89. The molecule has 3 heterocycles. The van der Waals surface area contributed by atoms with Gasteiger partial charge in [0.15, 0.2) is 0 Å². The number of anilines is 1. The van der Waals surface area contributed by atoms with Gasteiger partial charge in [-0.3, -0.25) is 9.97 Å². The lowest BCUT2D eigenvalue weighted by Crippen LogP contribution is -2.35. The molecular formula is C23H25N3O2. The van der Waals surface area contributed by atoms with Crippen molar-refractivity contribution in [2.75, 3.05) is 18.0 Å². The molecule has 2 aliphatic rings. The van der Waals surface area contributed by atoms with Crippen LogP contribution < -0.4 is 9.64 Å². The van der Waals surface area contributed by atoms with Gasteiger partial charge in [0.2, 0.25) is 0 Å². The summed E-state index contributed by atoms with van der Waals surface area (Å²) in [6.45, 7) is 1.83. The van der Waals surface area contributed by atoms with Crippen molar-refractivity contribution >= 4 is 16.6 Å². The SMILES string of the molecule is OC(c1cnccc1OC1CC1)C1CCN(c2cnc3ccccc3c2)CC1. The number of aliphatic hydroxyl groups is 1. The quantitative estimate of drug-likeness (QED) is 0.727. The maximum absolute atomic E-state index is 11.0. The molecule has 1 aliphatic carbocycles. The van der Waals surface area contributed by atoms with Gasteiger partial charge in [0.1, 0.15) is 5.75 Å². The largest absolute Gasteiger partial charge is 0.490 e. The second kappa shape index (κ2) is 7.40. The van der Waals surface area contributed by atoms with E-state index < -0.39 is 6.10 Å². The standard InChI is InChI=1S/C23H25N3O2/c27-23(20-15-24-10-7-22(20)28-19-5-6-19)16-8-11-26(12-9-16)18-13-17-3-1-2-4-21(17)25-14-18/h1-4,7,10,13-16,19,23,27H,5-6,8-9,11-12H2. The summed E-state index contributed by atoms with van der Waals surface area (Å²) in [5.74, 6) is 1.02. The van der Waals surface area contributed by atoms with Gasteiger partial charge in [-0.15, -0.1) is 0 Å². The van der Waals surface area contributed by atoms with Crippen LogP contribution in [0, 0.1) is 5.92 Å². The van der Waals surface area contributed by atoms with Crippen LogP contribution >= 0.6 is 0 Å². The number of ether oxygens (including phenoxy) is 1. The minimum atomic E-state index is -0.528. The van der Waals surface area contributed by atoms with Crippen molar-refractivity contribution in [2.45, 2.75) is 37.9 Å². The van der Waals surface area contributed by atoms with Gasteiger partial charge >= 0.3 is 0 Å². The average Bonchev–Trinajstić information content (AvgIpc) is 3.57. The number of benzene rings is 1. The fourth-order valence-electron chi connectivity index (χ4n) is 4.05. The fraction of sp³-hybridized carbons (Fsp3) is 0.391. The van der Waals surface area contributed by atoms with E-state index in [9.17, 15) is 5.11 Å². The van der Waals surface area contributed by atoms with Crippen molar-refractivity contribution < 1.29 is 9.84 Å². The van der Waals surface area contributed by atoms with Crippen molar-refractivity contribution in [1.82, 2.24) is 9.97 Å². The van der Waals surface area contributed by atoms with Crippen molar-refractivity contribution in [1.29, 1.82) is 0 Å². The molecule has 1 aromatic carbocycles. The van der Waals surface area contributed by atoms with Crippen LogP contribution in [0.3, 0.4) is 0 Å². The molecule has 1 unspecified atom stereocenters. The molecule has 144 valence electrons. The van der Waals surface area contributed by atoms with Gasteiger partial charge in [-0.05, 0) is 49.8 Å². The Hall–Kier alpha value is -2.66. The Morgan fingerprint density at radius 2 is 1.86 bits per heavy atom. The van der Waals surface area contributed by atoms with E-state index in [0.717, 1.165) is 61.3 Å². The number of aliphatic hydroxyl groups excluding tert-OH is 1. The third-order valence-electron chi connectivity index (χ3n) is 5.87. The summed E-state index contributed by atoms with van der Waals surface area (Å²) in [7, 11) is 0. The highest BCUT2D eigenvalue weighted by Gasteiger charge is 2.30. The molecule has 1 N–H and O–H groups in total. The number of hydrogen-bond donors (Lipinski definition) is 1. The number of para-hydroxylation sites is 1. The van der Waals surface area contributed by atoms with Crippen LogP contribution in [0.1, 0.15) is 37.4 Å². The number of aromatic nitrogens is 2. The zero-order chi connectivity index (χ0) is 18.9. The molecule has 1 saturated carbocycles. The summed E-state index contributed by atoms with van der Waals surface area (Å²) in [6, 6.07) is 12.3. The smallest absolute Gasteiger partial charge is 0.128 e. The van der Waals surface area contributed by atoms with E-state index in [0.29, 0.717) is 6.10 Å². The molecule has 3 aromatic rings. The molecule has 1 saturated heterocycles. The highest BCUT2D eigenvalue weighted by molar-refractivity contribution is 5.81. The summed E-state index contributed by atoms with van der Waals surface area (Å²) in [6.07, 6.45) is 9.34. The Bertz CT molecular complexity index is 965. The van der Waals surface area contributed by atoms with E-state index in [1.54, 1.807) is 12.4 Å². The maximum atomic E-state index is 11.0. The molecule has 0 amide bonds. The maximum Gasteiger partial charge on any atom is 0.128 e. The molecule has 28 heavy (non-hydrogen) atoms. The van der Waals surface area contributed by atoms with Crippen LogP contribution in [0.25, 0.3) is 10.9 Å². The number of rotatable bonds is 5. The summed E-state index contributed by atoms with van der Waals surface area (Å²) < 4.78 is 5.98. The Morgan fingerprint density at radius 1 is 1.04 bits per heavy atom. The van der Waals surface area contributed by atoms with Crippen molar-refractivity contribution in [3.05, 3.63) is 60.6 Å². The van der Waals surface area contributed by atoms with Crippen molar-refractivity contribution in [3.63, 3.8) is 0 Å². The lowest BCUT2D eigenvalue weighted by Gasteiger charge is -2.35. The van der Waals surface area contributed by atoms with Crippen LogP contribution in [0.15, 0.2) is 55.0 Å². The van der Waals surface area contributed by atoms with E-state index in [-0.39, 0.29) is 5.92 Å². The minimum absolute atomic E-state index is 0.218. The van der Waals surface area contributed by atoms with Gasteiger partial charge in [-0.25, -0.2) is 0 Å². The van der Waals surface area contributed by atoms with E-state index in [4.69, 9.17) is 4.74 Å². The molecule has 5 heteroatoms. The predicted octanol–water partition coefficient (Wildman–Crippen LogP) is 4.12. The topological polar surface area (TPSA) is 58.5 Å². The Morgan fingerprint density at radius 3 is 2.68 bits per heavy atom. The van der Waals surface area contributed by atoms with E-state index in [1.807, 2.05) is 30.5 Å². The highest BCUT2D eigenvalue weighted by Crippen LogP contribution is 2.38. The van der Waals surface area contributed by atoms with Gasteiger partial charge in [0.25, 0.3) is 0 Å². The van der Waals surface area contributed by atoms with Crippen LogP contribution in [-0.2, 0) is 0 Å². The summed E-state index contributed by atoms with van der Waals surface area (Å²) >= 11 is 0. The fourth-order valence-corrected chi connectivity index (χ4v) is 4.05. The molecule has 2 fully saturated rings. The zero-order valence-electron chi connectivity index (χ0n) is 15.9. The summed E-state index contributed by atoms with van der Waals surface area (Å²) in [5, 5.41) is 12.2. The Labute approximate surface area is 165 Å². The van der Waals surface area contributed by atoms with Gasteiger partial charge in [-0.2, -0.15) is 0 Å². The molecule has 5 nitrogen and oxygen atoms in total. The molecule has 0 spiro atoms. The number of piperidine rings is 1. The number of nitrogens with zero attached hydrogens (tertiary/aromatic N) is 3. The molecular weight excluding hydrogens is 350 g/mol. The molecule has 0 bridgehead atoms. The van der Waals surface area contributed by atoms with Crippen LogP contribution in [0.4, 0.5) is 5.69 Å². The first-order valence-corrected chi connectivity index (χ1v) is 10.2. The van der Waals surface area contributed by atoms with E-state index in [2.05, 4.69) is 27.0 Å². The monoisotopic (exact) mass is 375 g/mol. The van der Waals surface area contributed by atoms with E-state index >= 15 is 0 Å². The number of fused-ring (bicyclic) bond motifs is 1. The first-order valence-electron chi connectivity index (χ1n) is 10.2. The number of hydrogen-bond acceptors (Lipinski definition) is 5. The third-order valence-corrected chi connectivity index (χ3v) is 5.87. The molecule has 2 aromatic heterocycles. The molecule has 1 atom stereocenters. The lowest BCUT2D eigenvalue weighted by molar-refractivity contribution is 0.0889. The molecule has 1 aliphatic heterocycles. The Balaban J connectivity index is 1.27.